The van der Waals surface area contributed by atoms with Gasteiger partial charge in [-0.25, -0.2) is 0 Å². The molecule has 0 saturated heterocycles. The predicted molar refractivity (Wildman–Crippen MR) is 84.4 cm³/mol. The molecule has 0 bridgehead atoms. The minimum absolute atomic E-state index is 0.0634. The molecule has 2 aromatic rings. The number of nitrogens with zero attached hydrogens (tertiary/aromatic N) is 1. The Balaban J connectivity index is 0.000000140. The zero-order chi connectivity index (χ0) is 16.4. The first-order chi connectivity index (χ1) is 11.0. The molecule has 5 nitrogen and oxygen atoms in total. The maximum absolute atomic E-state index is 11.0. The molecule has 0 unspecified atom stereocenters. The van der Waals surface area contributed by atoms with E-state index in [1.165, 1.54) is 23.3 Å². The summed E-state index contributed by atoms with van der Waals surface area (Å²) in [5.74, 6) is 0.483. The van der Waals surface area contributed by atoms with Gasteiger partial charge >= 0.3 is 0 Å². The van der Waals surface area contributed by atoms with E-state index in [1.807, 2.05) is 24.3 Å². The number of fused-ring (bicyclic) bond motifs is 2. The van der Waals surface area contributed by atoms with Gasteiger partial charge in [0, 0.05) is 37.8 Å². The molecule has 2 aromatic carbocycles. The summed E-state index contributed by atoms with van der Waals surface area (Å²) in [7, 11) is 0. The molecular weight excluding hydrogens is 294 g/mol. The smallest absolute Gasteiger partial charge is 0.269 e. The fraction of sp³-hybridized carbons (Fsp3) is 0.222. The lowest BCUT2D eigenvalue weighted by Crippen LogP contribution is -1.92. The molecule has 0 radical (unpaired) electrons. The standard InChI is InChI=1S/C9H7NO3.C9H8O/c11-9-4-6-1-2-8(10(12)13)3-7(6)5-9;10-9-5-7-3-1-2-4-8(7)6-9/h1-3H,4-5H2;1-4H,5-6H2. The zero-order valence-corrected chi connectivity index (χ0v) is 12.5. The van der Waals surface area contributed by atoms with Crippen molar-refractivity contribution >= 4 is 17.3 Å². The average Bonchev–Trinajstić information content (AvgIpc) is 3.06. The van der Waals surface area contributed by atoms with E-state index in [0.29, 0.717) is 31.5 Å². The number of carbonyl (C=O) groups is 2. The number of ketones is 2. The Morgan fingerprint density at radius 1 is 0.739 bits per heavy atom. The highest BCUT2D eigenvalue weighted by Crippen LogP contribution is 2.24. The minimum Gasteiger partial charge on any atom is -0.299 e. The molecule has 0 aromatic heterocycles. The quantitative estimate of drug-likeness (QED) is 0.599. The Bertz CT molecular complexity index is 783. The molecular formula is C18H15NO4. The molecule has 5 heteroatoms. The second-order valence-corrected chi connectivity index (χ2v) is 5.76. The van der Waals surface area contributed by atoms with Gasteiger partial charge in [-0.05, 0) is 22.3 Å². The number of hydrogen-bond donors (Lipinski definition) is 0. The van der Waals surface area contributed by atoms with Crippen molar-refractivity contribution in [1.82, 2.24) is 0 Å². The maximum atomic E-state index is 11.0. The number of carbonyl (C=O) groups excluding carboxylic acids is 2. The molecule has 2 aliphatic rings. The van der Waals surface area contributed by atoms with Gasteiger partial charge in [-0.3, -0.25) is 19.7 Å². The molecule has 0 amide bonds. The summed E-state index contributed by atoms with van der Waals surface area (Å²) in [5, 5.41) is 10.4. The summed E-state index contributed by atoms with van der Waals surface area (Å²) < 4.78 is 0. The number of Topliss-reactive ketones (excluding diaryl/α,β-unsaturated/α-hetero) is 2. The number of nitro benzene ring substituents is 1. The predicted octanol–water partition coefficient (Wildman–Crippen LogP) is 2.62. The normalized spacial score (nSPS) is 14.8. The number of hydrogen-bond acceptors (Lipinski definition) is 4. The van der Waals surface area contributed by atoms with Crippen LogP contribution in [0.15, 0.2) is 42.5 Å². The van der Waals surface area contributed by atoms with Gasteiger partial charge in [0.1, 0.15) is 11.6 Å². The van der Waals surface area contributed by atoms with Gasteiger partial charge in [-0.15, -0.1) is 0 Å². The molecule has 4 rings (SSSR count). The molecule has 0 heterocycles. The molecule has 0 fully saturated rings. The largest absolute Gasteiger partial charge is 0.299 e. The van der Waals surface area contributed by atoms with E-state index in [-0.39, 0.29) is 11.5 Å². The lowest BCUT2D eigenvalue weighted by atomic mass is 10.1. The van der Waals surface area contributed by atoms with Crippen molar-refractivity contribution in [3.63, 3.8) is 0 Å². The van der Waals surface area contributed by atoms with Crippen LogP contribution in [0.5, 0.6) is 0 Å². The van der Waals surface area contributed by atoms with Crippen molar-refractivity contribution in [2.75, 3.05) is 0 Å². The molecule has 23 heavy (non-hydrogen) atoms. The van der Waals surface area contributed by atoms with Crippen molar-refractivity contribution in [2.45, 2.75) is 25.7 Å². The molecule has 0 saturated carbocycles. The van der Waals surface area contributed by atoms with Crippen molar-refractivity contribution in [2.24, 2.45) is 0 Å². The third kappa shape index (κ3) is 3.34. The average molecular weight is 309 g/mol. The fourth-order valence-electron chi connectivity index (χ4n) is 2.94. The molecule has 0 atom stereocenters. The SMILES string of the molecule is O=C1Cc2ccc([N+](=O)[O-])cc2C1.O=C1Cc2ccccc2C1. The molecule has 0 N–H and O–H groups in total. The first-order valence-electron chi connectivity index (χ1n) is 7.39. The number of non-ortho nitro benzene ring substituents is 1. The van der Waals surface area contributed by atoms with E-state index >= 15 is 0 Å². The second kappa shape index (κ2) is 6.12. The van der Waals surface area contributed by atoms with Crippen LogP contribution in [0.4, 0.5) is 5.69 Å². The lowest BCUT2D eigenvalue weighted by Gasteiger charge is -1.95. The molecule has 116 valence electrons. The number of benzene rings is 2. The van der Waals surface area contributed by atoms with E-state index in [4.69, 9.17) is 0 Å². The van der Waals surface area contributed by atoms with Crippen LogP contribution in [-0.2, 0) is 35.3 Å². The number of rotatable bonds is 1. The monoisotopic (exact) mass is 309 g/mol. The first kappa shape index (κ1) is 15.1. The van der Waals surface area contributed by atoms with Crippen LogP contribution in [-0.4, -0.2) is 16.5 Å². The van der Waals surface area contributed by atoms with E-state index in [9.17, 15) is 19.7 Å². The summed E-state index contributed by atoms with van der Waals surface area (Å²) in [6.45, 7) is 0. The van der Waals surface area contributed by atoms with Gasteiger partial charge in [0.05, 0.1) is 4.92 Å². The van der Waals surface area contributed by atoms with Crippen LogP contribution in [0.3, 0.4) is 0 Å². The summed E-state index contributed by atoms with van der Waals surface area (Å²) in [4.78, 5) is 31.9. The molecule has 0 aliphatic heterocycles. The van der Waals surface area contributed by atoms with Crippen molar-refractivity contribution in [3.05, 3.63) is 74.8 Å². The van der Waals surface area contributed by atoms with Gasteiger partial charge in [0.2, 0.25) is 0 Å². The maximum Gasteiger partial charge on any atom is 0.269 e. The van der Waals surface area contributed by atoms with Crippen LogP contribution < -0.4 is 0 Å². The molecule has 2 aliphatic carbocycles. The number of nitro groups is 1. The fourth-order valence-corrected chi connectivity index (χ4v) is 2.94. The Morgan fingerprint density at radius 2 is 1.22 bits per heavy atom. The van der Waals surface area contributed by atoms with Crippen molar-refractivity contribution < 1.29 is 14.5 Å². The van der Waals surface area contributed by atoms with Crippen molar-refractivity contribution in [3.8, 4) is 0 Å². The first-order valence-corrected chi connectivity index (χ1v) is 7.39. The van der Waals surface area contributed by atoms with Gasteiger partial charge < -0.3 is 0 Å². The highest BCUT2D eigenvalue weighted by atomic mass is 16.6. The van der Waals surface area contributed by atoms with Gasteiger partial charge in [0.25, 0.3) is 5.69 Å². The van der Waals surface area contributed by atoms with E-state index in [1.54, 1.807) is 6.07 Å². The third-order valence-corrected chi connectivity index (χ3v) is 4.07. The third-order valence-electron chi connectivity index (χ3n) is 4.07. The topological polar surface area (TPSA) is 77.3 Å². The second-order valence-electron chi connectivity index (χ2n) is 5.76. The summed E-state index contributed by atoms with van der Waals surface area (Å²) in [5.41, 5.74) is 4.23. The van der Waals surface area contributed by atoms with Crippen LogP contribution >= 0.6 is 0 Å². The Hall–Kier alpha value is -2.82. The zero-order valence-electron chi connectivity index (χ0n) is 12.5. The van der Waals surface area contributed by atoms with Gasteiger partial charge in [-0.2, -0.15) is 0 Å². The van der Waals surface area contributed by atoms with Crippen LogP contribution in [0, 0.1) is 10.1 Å². The van der Waals surface area contributed by atoms with Crippen LogP contribution in [0.25, 0.3) is 0 Å². The minimum atomic E-state index is -0.441. The van der Waals surface area contributed by atoms with Crippen molar-refractivity contribution in [1.29, 1.82) is 0 Å². The summed E-state index contributed by atoms with van der Waals surface area (Å²) in [6.07, 6.45) is 2.07. The van der Waals surface area contributed by atoms with Gasteiger partial charge in [-0.1, -0.05) is 30.3 Å². The van der Waals surface area contributed by atoms with E-state index in [2.05, 4.69) is 0 Å². The Morgan fingerprint density at radius 3 is 1.74 bits per heavy atom. The van der Waals surface area contributed by atoms with Gasteiger partial charge in [0.15, 0.2) is 0 Å². The Kier molecular flexibility index (Phi) is 4.02. The highest BCUT2D eigenvalue weighted by Gasteiger charge is 2.20. The van der Waals surface area contributed by atoms with Crippen LogP contribution in [0.2, 0.25) is 0 Å². The lowest BCUT2D eigenvalue weighted by molar-refractivity contribution is -0.384. The summed E-state index contributed by atoms with van der Waals surface area (Å²) >= 11 is 0. The highest BCUT2D eigenvalue weighted by molar-refractivity contribution is 5.88. The summed E-state index contributed by atoms with van der Waals surface area (Å²) in [6, 6.07) is 12.6. The van der Waals surface area contributed by atoms with E-state index in [0.717, 1.165) is 11.1 Å². The van der Waals surface area contributed by atoms with Crippen LogP contribution in [0.1, 0.15) is 22.3 Å². The van der Waals surface area contributed by atoms with E-state index < -0.39 is 4.92 Å². The molecule has 0 spiro atoms. The Labute approximate surface area is 133 Å².